The van der Waals surface area contributed by atoms with Crippen molar-refractivity contribution in [3.8, 4) is 22.3 Å². The van der Waals surface area contributed by atoms with Crippen molar-refractivity contribution in [1.29, 1.82) is 0 Å². The lowest BCUT2D eigenvalue weighted by molar-refractivity contribution is 0.669. The van der Waals surface area contributed by atoms with Gasteiger partial charge in [-0.2, -0.15) is 0 Å². The maximum atomic E-state index is 6.43. The van der Waals surface area contributed by atoms with Gasteiger partial charge in [0, 0.05) is 33.5 Å². The third kappa shape index (κ3) is 6.17. The molecule has 0 saturated heterocycles. The van der Waals surface area contributed by atoms with E-state index in [0.29, 0.717) is 0 Å². The number of fused-ring (bicyclic) bond motifs is 5. The number of nitrogens with zero attached hydrogens (tertiary/aromatic N) is 2. The van der Waals surface area contributed by atoms with Gasteiger partial charge in [-0.15, -0.1) is 0 Å². The smallest absolute Gasteiger partial charge is 0.137 e. The van der Waals surface area contributed by atoms with Crippen LogP contribution in [0.1, 0.15) is 0 Å². The first kappa shape index (κ1) is 34.4. The molecular formula is C56H38N2O. The van der Waals surface area contributed by atoms with Crippen molar-refractivity contribution < 1.29 is 4.42 Å². The first-order chi connectivity index (χ1) is 29.3. The van der Waals surface area contributed by atoms with Crippen LogP contribution in [-0.4, -0.2) is 0 Å². The third-order valence-corrected chi connectivity index (χ3v) is 11.4. The first-order valence-electron chi connectivity index (χ1n) is 20.1. The molecule has 0 fully saturated rings. The molecule has 0 unspecified atom stereocenters. The van der Waals surface area contributed by atoms with Gasteiger partial charge < -0.3 is 14.2 Å². The van der Waals surface area contributed by atoms with E-state index in [2.05, 4.69) is 234 Å². The molecule has 0 saturated carbocycles. The summed E-state index contributed by atoms with van der Waals surface area (Å²) in [6, 6.07) is 82.3. The quantitative estimate of drug-likeness (QED) is 0.154. The number of furan rings is 1. The van der Waals surface area contributed by atoms with Gasteiger partial charge in [0.05, 0.1) is 16.8 Å². The molecule has 3 heteroatoms. The number of anilines is 6. The SMILES string of the molecule is c1ccc(-c2ccc(N(c3ccccc3)c3ccc(-c4ccc(N(c5ccc6ccccc6c5)c5cccc6oc7ccccc7c56)c5ccccc45)cc3)cc2)cc1. The van der Waals surface area contributed by atoms with Crippen LogP contribution < -0.4 is 9.80 Å². The maximum Gasteiger partial charge on any atom is 0.137 e. The highest BCUT2D eigenvalue weighted by Crippen LogP contribution is 2.47. The fourth-order valence-corrected chi connectivity index (χ4v) is 8.64. The second-order valence-corrected chi connectivity index (χ2v) is 14.9. The van der Waals surface area contributed by atoms with Gasteiger partial charge in [0.2, 0.25) is 0 Å². The summed E-state index contributed by atoms with van der Waals surface area (Å²) >= 11 is 0. The molecular weight excluding hydrogens is 717 g/mol. The van der Waals surface area contributed by atoms with E-state index in [-0.39, 0.29) is 0 Å². The molecule has 1 aromatic heterocycles. The topological polar surface area (TPSA) is 19.6 Å². The Morgan fingerprint density at radius 3 is 1.61 bits per heavy atom. The van der Waals surface area contributed by atoms with Gasteiger partial charge in [0.1, 0.15) is 11.2 Å². The molecule has 0 atom stereocenters. The second-order valence-electron chi connectivity index (χ2n) is 14.9. The number of hydrogen-bond donors (Lipinski definition) is 0. The van der Waals surface area contributed by atoms with Crippen molar-refractivity contribution in [1.82, 2.24) is 0 Å². The van der Waals surface area contributed by atoms with Gasteiger partial charge >= 0.3 is 0 Å². The molecule has 10 aromatic carbocycles. The standard InChI is InChI=1S/C56H38N2O/c1-3-14-39(15-4-1)41-26-31-45(32-27-41)57(44-18-5-2-6-19-44)46-33-29-42(30-34-46)48-36-37-52(50-21-10-9-20-49(48)50)58(47-35-28-40-16-7-8-17-43(40)38-47)53-23-13-25-55-56(53)51-22-11-12-24-54(51)59-55/h1-38H. The van der Waals surface area contributed by atoms with E-state index in [1.54, 1.807) is 0 Å². The summed E-state index contributed by atoms with van der Waals surface area (Å²) in [6.07, 6.45) is 0. The molecule has 0 aliphatic heterocycles. The zero-order valence-electron chi connectivity index (χ0n) is 32.2. The van der Waals surface area contributed by atoms with Crippen LogP contribution in [0.5, 0.6) is 0 Å². The Kier molecular flexibility index (Phi) is 8.49. The molecule has 3 nitrogen and oxygen atoms in total. The monoisotopic (exact) mass is 754 g/mol. The highest BCUT2D eigenvalue weighted by molar-refractivity contribution is 6.15. The average molecular weight is 755 g/mol. The fraction of sp³-hybridized carbons (Fsp3) is 0. The zero-order valence-corrected chi connectivity index (χ0v) is 32.2. The molecule has 0 N–H and O–H groups in total. The van der Waals surface area contributed by atoms with Gasteiger partial charge in [0.25, 0.3) is 0 Å². The van der Waals surface area contributed by atoms with Crippen LogP contribution in [0.4, 0.5) is 34.1 Å². The summed E-state index contributed by atoms with van der Waals surface area (Å²) in [5, 5.41) is 6.94. The van der Waals surface area contributed by atoms with Crippen molar-refractivity contribution in [2.75, 3.05) is 9.80 Å². The van der Waals surface area contributed by atoms with Gasteiger partial charge in [-0.1, -0.05) is 158 Å². The molecule has 278 valence electrons. The predicted octanol–water partition coefficient (Wildman–Crippen LogP) is 16.2. The summed E-state index contributed by atoms with van der Waals surface area (Å²) in [6.45, 7) is 0. The minimum absolute atomic E-state index is 0.868. The molecule has 1 heterocycles. The van der Waals surface area contributed by atoms with Crippen molar-refractivity contribution in [2.24, 2.45) is 0 Å². The first-order valence-corrected chi connectivity index (χ1v) is 20.1. The molecule has 11 rings (SSSR count). The number of hydrogen-bond acceptors (Lipinski definition) is 3. The summed E-state index contributed by atoms with van der Waals surface area (Å²) < 4.78 is 6.43. The fourth-order valence-electron chi connectivity index (χ4n) is 8.64. The van der Waals surface area contributed by atoms with Gasteiger partial charge in [-0.25, -0.2) is 0 Å². The van der Waals surface area contributed by atoms with E-state index in [0.717, 1.165) is 67.0 Å². The third-order valence-electron chi connectivity index (χ3n) is 11.4. The lowest BCUT2D eigenvalue weighted by atomic mass is 9.95. The normalized spacial score (nSPS) is 11.4. The van der Waals surface area contributed by atoms with Crippen LogP contribution in [0.25, 0.3) is 65.7 Å². The van der Waals surface area contributed by atoms with E-state index < -0.39 is 0 Å². The summed E-state index contributed by atoms with van der Waals surface area (Å²) in [5.74, 6) is 0. The van der Waals surface area contributed by atoms with E-state index in [9.17, 15) is 0 Å². The van der Waals surface area contributed by atoms with Crippen LogP contribution >= 0.6 is 0 Å². The Morgan fingerprint density at radius 1 is 0.288 bits per heavy atom. The number of para-hydroxylation sites is 2. The molecule has 0 aliphatic carbocycles. The van der Waals surface area contributed by atoms with Crippen molar-refractivity contribution in [3.63, 3.8) is 0 Å². The van der Waals surface area contributed by atoms with E-state index in [1.807, 2.05) is 6.07 Å². The lowest BCUT2D eigenvalue weighted by Crippen LogP contribution is -2.11. The summed E-state index contributed by atoms with van der Waals surface area (Å²) in [7, 11) is 0. The second kappa shape index (κ2) is 14.6. The van der Waals surface area contributed by atoms with E-state index in [4.69, 9.17) is 4.42 Å². The van der Waals surface area contributed by atoms with E-state index in [1.165, 1.54) is 32.8 Å². The Hall–Kier alpha value is -7.88. The highest BCUT2D eigenvalue weighted by Gasteiger charge is 2.22. The highest BCUT2D eigenvalue weighted by atomic mass is 16.3. The average Bonchev–Trinajstić information content (AvgIpc) is 3.70. The Morgan fingerprint density at radius 2 is 0.847 bits per heavy atom. The van der Waals surface area contributed by atoms with Gasteiger partial charge in [-0.05, 0) is 111 Å². The summed E-state index contributed by atoms with van der Waals surface area (Å²) in [4.78, 5) is 4.73. The predicted molar refractivity (Wildman–Crippen MR) is 249 cm³/mol. The van der Waals surface area contributed by atoms with Crippen molar-refractivity contribution >= 4 is 77.6 Å². The van der Waals surface area contributed by atoms with Crippen LogP contribution in [-0.2, 0) is 0 Å². The Balaban J connectivity index is 1.03. The van der Waals surface area contributed by atoms with Crippen molar-refractivity contribution in [2.45, 2.75) is 0 Å². The molecule has 0 aliphatic rings. The lowest BCUT2D eigenvalue weighted by Gasteiger charge is -2.28. The Labute approximate surface area is 343 Å². The van der Waals surface area contributed by atoms with Crippen LogP contribution in [0.2, 0.25) is 0 Å². The van der Waals surface area contributed by atoms with E-state index >= 15 is 0 Å². The molecule has 11 aromatic rings. The molecule has 0 radical (unpaired) electrons. The van der Waals surface area contributed by atoms with Crippen LogP contribution in [0, 0.1) is 0 Å². The minimum atomic E-state index is 0.868. The Bertz CT molecular complexity index is 3260. The zero-order chi connectivity index (χ0) is 39.1. The maximum absolute atomic E-state index is 6.43. The number of benzene rings is 10. The van der Waals surface area contributed by atoms with Gasteiger partial charge in [0.15, 0.2) is 0 Å². The molecule has 0 bridgehead atoms. The van der Waals surface area contributed by atoms with Crippen LogP contribution in [0.15, 0.2) is 235 Å². The van der Waals surface area contributed by atoms with Gasteiger partial charge in [-0.3, -0.25) is 0 Å². The molecule has 0 spiro atoms. The minimum Gasteiger partial charge on any atom is -0.456 e. The number of rotatable bonds is 8. The van der Waals surface area contributed by atoms with Crippen LogP contribution in [0.3, 0.4) is 0 Å². The summed E-state index contributed by atoms with van der Waals surface area (Å²) in [5.41, 5.74) is 13.1. The molecule has 0 amide bonds. The molecule has 59 heavy (non-hydrogen) atoms. The largest absolute Gasteiger partial charge is 0.456 e. The van der Waals surface area contributed by atoms with Crippen molar-refractivity contribution in [3.05, 3.63) is 231 Å².